The van der Waals surface area contributed by atoms with E-state index in [-0.39, 0.29) is 43.5 Å². The number of aliphatic carboxylic acids is 1. The molecule has 3 heterocycles. The van der Waals surface area contributed by atoms with E-state index in [0.717, 1.165) is 0 Å². The number of rotatable bonds is 15. The molecule has 0 bridgehead atoms. The highest BCUT2D eigenvalue weighted by atomic mass is 32.1. The lowest BCUT2D eigenvalue weighted by Gasteiger charge is -2.35. The van der Waals surface area contributed by atoms with Crippen LogP contribution in [0, 0.1) is 17.3 Å². The van der Waals surface area contributed by atoms with Gasteiger partial charge in [0, 0.05) is 48.4 Å². The first kappa shape index (κ1) is 41.3. The highest BCUT2D eigenvalue weighted by Crippen LogP contribution is 2.37. The van der Waals surface area contributed by atoms with E-state index in [1.165, 1.54) is 23.2 Å². The molecule has 1 aliphatic rings. The number of hydrogen-bond donors (Lipinski definition) is 4. The number of aromatic nitrogens is 2. The SMILES string of the molecule is C=C[C@@H](C)C[C@@H](NC(=O)[C@@H]1C[C@@H](Oc2cc(-c3csc(NC(C)=O)n3)nc3cc(OC)ccc23)CN1C(=O)[C@@H](CC(=O)Nc1ccccc1)C(C)(C)C)C(=O)O. The maximum atomic E-state index is 14.7. The summed E-state index contributed by atoms with van der Waals surface area (Å²) >= 11 is 1.24. The van der Waals surface area contributed by atoms with E-state index in [4.69, 9.17) is 14.5 Å². The summed E-state index contributed by atoms with van der Waals surface area (Å²) in [6, 6.07) is 13.6. The third-order valence-electron chi connectivity index (χ3n) is 9.59. The number of para-hydroxylation sites is 1. The van der Waals surface area contributed by atoms with Gasteiger partial charge in [0.25, 0.3) is 0 Å². The van der Waals surface area contributed by atoms with Crippen LogP contribution in [0.5, 0.6) is 11.5 Å². The molecule has 5 rings (SSSR count). The van der Waals surface area contributed by atoms with Crippen LogP contribution in [0.2, 0.25) is 0 Å². The summed E-state index contributed by atoms with van der Waals surface area (Å²) in [6.45, 7) is 12.5. The van der Waals surface area contributed by atoms with Crippen LogP contribution in [0.3, 0.4) is 0 Å². The molecule has 4 N–H and O–H groups in total. The number of carboxylic acids is 1. The van der Waals surface area contributed by atoms with Gasteiger partial charge in [0.05, 0.1) is 30.8 Å². The Kier molecular flexibility index (Phi) is 13.1. The average Bonchev–Trinajstić information content (AvgIpc) is 3.80. The molecule has 0 unspecified atom stereocenters. The van der Waals surface area contributed by atoms with Crippen molar-refractivity contribution in [3.63, 3.8) is 0 Å². The topological polar surface area (TPSA) is 189 Å². The summed E-state index contributed by atoms with van der Waals surface area (Å²) in [4.78, 5) is 76.8. The van der Waals surface area contributed by atoms with E-state index in [2.05, 4.69) is 27.5 Å². The van der Waals surface area contributed by atoms with Crippen molar-refractivity contribution < 1.29 is 38.6 Å². The molecule has 2 aromatic heterocycles. The van der Waals surface area contributed by atoms with E-state index in [9.17, 15) is 29.1 Å². The first-order valence-electron chi connectivity index (χ1n) is 18.3. The number of benzene rings is 2. The number of ether oxygens (including phenoxy) is 2. The molecule has 2 aromatic carbocycles. The molecule has 0 spiro atoms. The van der Waals surface area contributed by atoms with E-state index in [0.29, 0.717) is 44.6 Å². The molecule has 0 saturated carbocycles. The van der Waals surface area contributed by atoms with Crippen molar-refractivity contribution in [1.29, 1.82) is 0 Å². The summed E-state index contributed by atoms with van der Waals surface area (Å²) in [5.41, 5.74) is 1.36. The van der Waals surface area contributed by atoms with E-state index in [1.807, 2.05) is 26.8 Å². The van der Waals surface area contributed by atoms with Gasteiger partial charge in [-0.05, 0) is 42.0 Å². The maximum Gasteiger partial charge on any atom is 0.326 e. The number of allylic oxidation sites excluding steroid dienone is 1. The Balaban J connectivity index is 1.50. The van der Waals surface area contributed by atoms with Crippen LogP contribution in [0.4, 0.5) is 10.8 Å². The second-order valence-corrected chi connectivity index (χ2v) is 15.8. The zero-order chi connectivity index (χ0) is 40.7. The number of carbonyl (C=O) groups excluding carboxylic acids is 4. The van der Waals surface area contributed by atoms with Gasteiger partial charge in [-0.3, -0.25) is 19.2 Å². The zero-order valence-corrected chi connectivity index (χ0v) is 33.1. The number of nitrogens with one attached hydrogen (secondary N) is 3. The Morgan fingerprint density at radius 2 is 1.79 bits per heavy atom. The maximum absolute atomic E-state index is 14.7. The number of carbonyl (C=O) groups is 5. The van der Waals surface area contributed by atoms with Gasteiger partial charge in [0.15, 0.2) is 5.13 Å². The van der Waals surface area contributed by atoms with Crippen molar-refractivity contribution in [1.82, 2.24) is 20.2 Å². The van der Waals surface area contributed by atoms with Crippen LogP contribution >= 0.6 is 11.3 Å². The lowest BCUT2D eigenvalue weighted by molar-refractivity contribution is -0.147. The molecule has 0 radical (unpaired) electrons. The quantitative estimate of drug-likeness (QED) is 0.102. The van der Waals surface area contributed by atoms with Crippen LogP contribution in [0.25, 0.3) is 22.3 Å². The second-order valence-electron chi connectivity index (χ2n) is 15.0. The molecule has 14 nitrogen and oxygen atoms in total. The fraction of sp³-hybridized carbons (Fsp3) is 0.390. The largest absolute Gasteiger partial charge is 0.497 e. The molecule has 4 amide bonds. The molecule has 15 heteroatoms. The van der Waals surface area contributed by atoms with Crippen LogP contribution in [-0.4, -0.2) is 81.4 Å². The van der Waals surface area contributed by atoms with Gasteiger partial charge < -0.3 is 35.4 Å². The van der Waals surface area contributed by atoms with Crippen molar-refractivity contribution >= 4 is 62.7 Å². The van der Waals surface area contributed by atoms with Gasteiger partial charge in [-0.15, -0.1) is 17.9 Å². The molecular weight excluding hydrogens is 737 g/mol. The van der Waals surface area contributed by atoms with E-state index < -0.39 is 47.3 Å². The van der Waals surface area contributed by atoms with Gasteiger partial charge in [-0.25, -0.2) is 14.8 Å². The van der Waals surface area contributed by atoms with Crippen molar-refractivity contribution in [3.8, 4) is 22.9 Å². The number of anilines is 2. The number of fused-ring (bicyclic) bond motifs is 1. The molecular formula is C41H48N6O8S. The predicted molar refractivity (Wildman–Crippen MR) is 214 cm³/mol. The van der Waals surface area contributed by atoms with Crippen LogP contribution in [0.1, 0.15) is 53.9 Å². The number of hydrogen-bond acceptors (Lipinski definition) is 10. The number of nitrogens with zero attached hydrogens (tertiary/aromatic N) is 3. The summed E-state index contributed by atoms with van der Waals surface area (Å²) in [5, 5.41) is 21.0. The number of pyridine rings is 1. The minimum absolute atomic E-state index is 0.0245. The molecule has 5 atom stereocenters. The van der Waals surface area contributed by atoms with Gasteiger partial charge in [-0.1, -0.05) is 52.0 Å². The highest BCUT2D eigenvalue weighted by Gasteiger charge is 2.46. The Labute approximate surface area is 329 Å². The lowest BCUT2D eigenvalue weighted by atomic mass is 9.77. The minimum Gasteiger partial charge on any atom is -0.497 e. The number of carboxylic acid groups (broad SMARTS) is 1. The first-order valence-corrected chi connectivity index (χ1v) is 19.1. The monoisotopic (exact) mass is 784 g/mol. The molecule has 0 aliphatic carbocycles. The molecule has 296 valence electrons. The number of thiazole rings is 1. The molecule has 1 aliphatic heterocycles. The lowest BCUT2D eigenvalue weighted by Crippen LogP contribution is -2.53. The van der Waals surface area contributed by atoms with Crippen LogP contribution in [0.15, 0.2) is 72.6 Å². The average molecular weight is 785 g/mol. The predicted octanol–water partition coefficient (Wildman–Crippen LogP) is 6.15. The summed E-state index contributed by atoms with van der Waals surface area (Å²) in [6.07, 6.45) is 0.865. The molecule has 1 saturated heterocycles. The standard InChI is InChI=1S/C41H48N6O8S/c1-8-23(2)16-32(39(52)53)45-37(50)34-18-27(21-47(34)38(51)29(41(4,5)6)19-36(49)43-25-12-10-9-11-13-25)55-35-20-31(33-22-56-40(46-33)42-24(3)48)44-30-17-26(54-7)14-15-28(30)35/h8-15,17,20,22-23,27,29,32,34H,1,16,18-19,21H2,2-7H3,(H,43,49)(H,45,50)(H,52,53)(H,42,46,48)/t23-,27-,29-,32-,34+/m1/s1. The van der Waals surface area contributed by atoms with Gasteiger partial charge in [-0.2, -0.15) is 0 Å². The van der Waals surface area contributed by atoms with Crippen LogP contribution < -0.4 is 25.4 Å². The number of amides is 4. The van der Waals surface area contributed by atoms with Crippen molar-refractivity contribution in [2.24, 2.45) is 17.3 Å². The minimum atomic E-state index is -1.23. The fourth-order valence-corrected chi connectivity index (χ4v) is 7.28. The number of methoxy groups -OCH3 is 1. The van der Waals surface area contributed by atoms with Gasteiger partial charge in [0.1, 0.15) is 35.4 Å². The van der Waals surface area contributed by atoms with Gasteiger partial charge in [0.2, 0.25) is 23.6 Å². The van der Waals surface area contributed by atoms with E-state index in [1.54, 1.807) is 74.0 Å². The molecule has 1 fully saturated rings. The third-order valence-corrected chi connectivity index (χ3v) is 10.3. The van der Waals surface area contributed by atoms with Gasteiger partial charge >= 0.3 is 5.97 Å². The summed E-state index contributed by atoms with van der Waals surface area (Å²) < 4.78 is 12.1. The zero-order valence-electron chi connectivity index (χ0n) is 32.3. The molecule has 4 aromatic rings. The Hall–Kier alpha value is -5.83. The smallest absolute Gasteiger partial charge is 0.326 e. The summed E-state index contributed by atoms with van der Waals surface area (Å²) in [7, 11) is 1.54. The second kappa shape index (κ2) is 17.8. The van der Waals surface area contributed by atoms with Crippen molar-refractivity contribution in [2.45, 2.75) is 72.1 Å². The first-order chi connectivity index (χ1) is 26.6. The van der Waals surface area contributed by atoms with Crippen LogP contribution in [-0.2, 0) is 24.0 Å². The Bertz CT molecular complexity index is 2100. The molecule has 56 heavy (non-hydrogen) atoms. The van der Waals surface area contributed by atoms with E-state index >= 15 is 0 Å². The normalized spacial score (nSPS) is 17.0. The third kappa shape index (κ3) is 10.3. The Morgan fingerprint density at radius 1 is 1.05 bits per heavy atom. The van der Waals surface area contributed by atoms with Crippen molar-refractivity contribution in [3.05, 3.63) is 72.6 Å². The fourth-order valence-electron chi connectivity index (χ4n) is 6.53. The Morgan fingerprint density at radius 3 is 2.43 bits per heavy atom. The summed E-state index contributed by atoms with van der Waals surface area (Å²) in [5.74, 6) is -3.01. The highest BCUT2D eigenvalue weighted by molar-refractivity contribution is 7.14. The van der Waals surface area contributed by atoms with Crippen molar-refractivity contribution in [2.75, 3.05) is 24.3 Å². The number of likely N-dealkylation sites (tertiary alicyclic amines) is 1.